The summed E-state index contributed by atoms with van der Waals surface area (Å²) in [7, 11) is 0. The zero-order valence-corrected chi connectivity index (χ0v) is 11.8. The highest BCUT2D eigenvalue weighted by Gasteiger charge is 2.05. The van der Waals surface area contributed by atoms with Crippen molar-refractivity contribution in [2.24, 2.45) is 0 Å². The number of thiophene rings is 1. The first kappa shape index (κ1) is 13.3. The average molecular weight is 294 g/mol. The predicted molar refractivity (Wildman–Crippen MR) is 81.0 cm³/mol. The van der Waals surface area contributed by atoms with Crippen LogP contribution in [0.15, 0.2) is 48.0 Å². The van der Waals surface area contributed by atoms with Crippen LogP contribution in [0.3, 0.4) is 0 Å². The third kappa shape index (κ3) is 3.25. The Balaban J connectivity index is 1.65. The average Bonchev–Trinajstić information content (AvgIpc) is 3.06. The van der Waals surface area contributed by atoms with Crippen LogP contribution in [0.1, 0.15) is 15.4 Å². The Morgan fingerprint density at radius 1 is 1.19 bits per heavy atom. The lowest BCUT2D eigenvalue weighted by Gasteiger charge is -1.97. The van der Waals surface area contributed by atoms with Crippen LogP contribution in [0.5, 0.6) is 0 Å². The number of hydrogen-bond acceptors (Lipinski definition) is 5. The largest absolute Gasteiger partial charge is 0.448 e. The van der Waals surface area contributed by atoms with E-state index < -0.39 is 0 Å². The number of carbonyl (C=O) groups excluding carboxylic acids is 1. The van der Waals surface area contributed by atoms with Crippen molar-refractivity contribution >= 4 is 28.3 Å². The molecule has 0 atom stereocenters. The Morgan fingerprint density at radius 2 is 2.05 bits per heavy atom. The van der Waals surface area contributed by atoms with Crippen LogP contribution in [0.4, 0.5) is 0 Å². The molecule has 0 N–H and O–H groups in total. The molecule has 0 saturated heterocycles. The molecule has 21 heavy (non-hydrogen) atoms. The SMILES string of the molecule is O=C(OCC#Cc1cnc2ccccc2n1)c1cccs1. The maximum atomic E-state index is 11.6. The van der Waals surface area contributed by atoms with Crippen molar-refractivity contribution in [2.75, 3.05) is 6.61 Å². The molecule has 1 aromatic carbocycles. The molecule has 2 heterocycles. The molecule has 0 spiro atoms. The van der Waals surface area contributed by atoms with E-state index in [0.717, 1.165) is 11.0 Å². The molecule has 0 aliphatic heterocycles. The minimum atomic E-state index is -0.358. The van der Waals surface area contributed by atoms with Crippen LogP contribution in [0, 0.1) is 11.8 Å². The number of ether oxygens (including phenoxy) is 1. The molecule has 3 rings (SSSR count). The molecule has 102 valence electrons. The van der Waals surface area contributed by atoms with E-state index >= 15 is 0 Å². The molecule has 3 aromatic rings. The fourth-order valence-corrected chi connectivity index (χ4v) is 2.33. The van der Waals surface area contributed by atoms with Crippen molar-refractivity contribution in [3.05, 3.63) is 58.5 Å². The molecule has 0 aliphatic carbocycles. The van der Waals surface area contributed by atoms with Crippen molar-refractivity contribution in [3.63, 3.8) is 0 Å². The minimum absolute atomic E-state index is 0.0330. The Hall–Kier alpha value is -2.71. The summed E-state index contributed by atoms with van der Waals surface area (Å²) in [6.45, 7) is 0.0330. The highest BCUT2D eigenvalue weighted by atomic mass is 32.1. The zero-order valence-electron chi connectivity index (χ0n) is 10.9. The molecule has 2 aromatic heterocycles. The Morgan fingerprint density at radius 3 is 2.86 bits per heavy atom. The van der Waals surface area contributed by atoms with E-state index in [-0.39, 0.29) is 12.6 Å². The van der Waals surface area contributed by atoms with Gasteiger partial charge < -0.3 is 4.74 Å². The molecule has 0 aliphatic rings. The number of para-hydroxylation sites is 2. The standard InChI is InChI=1S/C16H10N2O2S/c19-16(15-8-4-10-21-15)20-9-3-5-12-11-17-13-6-1-2-7-14(13)18-12/h1-2,4,6-8,10-11H,9H2. The van der Waals surface area contributed by atoms with E-state index in [4.69, 9.17) is 4.74 Å². The van der Waals surface area contributed by atoms with Gasteiger partial charge in [0, 0.05) is 0 Å². The van der Waals surface area contributed by atoms with Gasteiger partial charge in [0.2, 0.25) is 0 Å². The molecular formula is C16H10N2O2S. The van der Waals surface area contributed by atoms with E-state index in [1.165, 1.54) is 11.3 Å². The van der Waals surface area contributed by atoms with Crippen LogP contribution < -0.4 is 0 Å². The van der Waals surface area contributed by atoms with Crippen molar-refractivity contribution in [1.29, 1.82) is 0 Å². The quantitative estimate of drug-likeness (QED) is 0.538. The minimum Gasteiger partial charge on any atom is -0.448 e. The second kappa shape index (κ2) is 6.16. The van der Waals surface area contributed by atoms with Gasteiger partial charge >= 0.3 is 5.97 Å². The third-order valence-electron chi connectivity index (χ3n) is 2.66. The second-order valence-corrected chi connectivity index (χ2v) is 5.05. The molecule has 0 radical (unpaired) electrons. The summed E-state index contributed by atoms with van der Waals surface area (Å²) >= 11 is 1.34. The van der Waals surface area contributed by atoms with Gasteiger partial charge in [-0.1, -0.05) is 24.1 Å². The lowest BCUT2D eigenvalue weighted by Crippen LogP contribution is -2.02. The number of aromatic nitrogens is 2. The summed E-state index contributed by atoms with van der Waals surface area (Å²) in [5.74, 6) is 5.25. The van der Waals surface area contributed by atoms with Crippen molar-refractivity contribution in [2.45, 2.75) is 0 Å². The number of fused-ring (bicyclic) bond motifs is 1. The van der Waals surface area contributed by atoms with Gasteiger partial charge in [0.15, 0.2) is 6.61 Å². The summed E-state index contributed by atoms with van der Waals surface area (Å²) in [5.41, 5.74) is 2.17. The maximum Gasteiger partial charge on any atom is 0.349 e. The molecule has 0 bridgehead atoms. The monoisotopic (exact) mass is 294 g/mol. The normalized spacial score (nSPS) is 9.90. The number of rotatable bonds is 2. The first-order valence-electron chi connectivity index (χ1n) is 6.24. The first-order chi connectivity index (χ1) is 10.3. The summed E-state index contributed by atoms with van der Waals surface area (Å²) in [5, 5.41) is 1.83. The second-order valence-electron chi connectivity index (χ2n) is 4.10. The first-order valence-corrected chi connectivity index (χ1v) is 7.12. The van der Waals surface area contributed by atoms with E-state index in [1.54, 1.807) is 18.3 Å². The Kier molecular flexibility index (Phi) is 3.90. The molecule has 5 heteroatoms. The molecule has 0 amide bonds. The van der Waals surface area contributed by atoms with Gasteiger partial charge in [-0.05, 0) is 29.5 Å². The van der Waals surface area contributed by atoms with Gasteiger partial charge in [-0.3, -0.25) is 4.98 Å². The smallest absolute Gasteiger partial charge is 0.349 e. The highest BCUT2D eigenvalue weighted by molar-refractivity contribution is 7.11. The molecule has 0 unspecified atom stereocenters. The van der Waals surface area contributed by atoms with Gasteiger partial charge in [-0.15, -0.1) is 11.3 Å². The topological polar surface area (TPSA) is 52.1 Å². The van der Waals surface area contributed by atoms with E-state index in [0.29, 0.717) is 10.6 Å². The lowest BCUT2D eigenvalue weighted by molar-refractivity contribution is 0.0562. The summed E-state index contributed by atoms with van der Waals surface area (Å²) in [4.78, 5) is 20.8. The lowest BCUT2D eigenvalue weighted by atomic mass is 10.3. The van der Waals surface area contributed by atoms with E-state index in [2.05, 4.69) is 21.8 Å². The van der Waals surface area contributed by atoms with Gasteiger partial charge in [0.25, 0.3) is 0 Å². The van der Waals surface area contributed by atoms with E-state index in [9.17, 15) is 4.79 Å². The molecule has 4 nitrogen and oxygen atoms in total. The Bertz CT molecular complexity index is 832. The summed E-state index contributed by atoms with van der Waals surface area (Å²) in [6.07, 6.45) is 1.61. The van der Waals surface area contributed by atoms with Crippen LogP contribution in [0.2, 0.25) is 0 Å². The van der Waals surface area contributed by atoms with Crippen LogP contribution in [-0.2, 0) is 4.74 Å². The van der Waals surface area contributed by atoms with Crippen molar-refractivity contribution in [3.8, 4) is 11.8 Å². The number of carbonyl (C=O) groups is 1. The number of hydrogen-bond donors (Lipinski definition) is 0. The molecule has 0 saturated carbocycles. The zero-order chi connectivity index (χ0) is 14.5. The van der Waals surface area contributed by atoms with Crippen molar-refractivity contribution < 1.29 is 9.53 Å². The van der Waals surface area contributed by atoms with Gasteiger partial charge in [0.1, 0.15) is 10.6 Å². The fourth-order valence-electron chi connectivity index (χ4n) is 1.71. The molecular weight excluding hydrogens is 284 g/mol. The third-order valence-corrected chi connectivity index (χ3v) is 3.51. The number of nitrogens with zero attached hydrogens (tertiary/aromatic N) is 2. The van der Waals surface area contributed by atoms with Gasteiger partial charge in [0.05, 0.1) is 17.2 Å². The van der Waals surface area contributed by atoms with E-state index in [1.807, 2.05) is 29.6 Å². The van der Waals surface area contributed by atoms with Crippen LogP contribution >= 0.6 is 11.3 Å². The van der Waals surface area contributed by atoms with Gasteiger partial charge in [-0.25, -0.2) is 9.78 Å². The number of esters is 1. The maximum absolute atomic E-state index is 11.6. The van der Waals surface area contributed by atoms with Crippen LogP contribution in [0.25, 0.3) is 11.0 Å². The van der Waals surface area contributed by atoms with Crippen molar-refractivity contribution in [1.82, 2.24) is 9.97 Å². The Labute approximate surface area is 125 Å². The van der Waals surface area contributed by atoms with Crippen LogP contribution in [-0.4, -0.2) is 22.5 Å². The summed E-state index contributed by atoms with van der Waals surface area (Å²) in [6, 6.07) is 11.1. The number of benzene rings is 1. The van der Waals surface area contributed by atoms with Gasteiger partial charge in [-0.2, -0.15) is 0 Å². The fraction of sp³-hybridized carbons (Fsp3) is 0.0625. The highest BCUT2D eigenvalue weighted by Crippen LogP contribution is 2.09. The molecule has 0 fully saturated rings. The summed E-state index contributed by atoms with van der Waals surface area (Å²) < 4.78 is 5.05. The predicted octanol–water partition coefficient (Wildman–Crippen LogP) is 2.90.